The fourth-order valence-electron chi connectivity index (χ4n) is 3.78. The third-order valence-electron chi connectivity index (χ3n) is 4.99. The van der Waals surface area contributed by atoms with Gasteiger partial charge in [-0.3, -0.25) is 4.90 Å². The van der Waals surface area contributed by atoms with Crippen LogP contribution in [0, 0.1) is 0 Å². The van der Waals surface area contributed by atoms with Gasteiger partial charge in [-0.15, -0.1) is 0 Å². The zero-order valence-electron chi connectivity index (χ0n) is 14.2. The second kappa shape index (κ2) is 7.21. The average molecular weight is 317 g/mol. The van der Waals surface area contributed by atoms with E-state index in [1.807, 2.05) is 11.8 Å². The summed E-state index contributed by atoms with van der Waals surface area (Å²) < 4.78 is 5.40. The van der Waals surface area contributed by atoms with E-state index in [-0.39, 0.29) is 6.03 Å². The van der Waals surface area contributed by atoms with Crippen LogP contribution >= 0.6 is 0 Å². The van der Waals surface area contributed by atoms with Crippen LogP contribution in [-0.2, 0) is 6.42 Å². The van der Waals surface area contributed by atoms with Crippen LogP contribution < -0.4 is 10.1 Å². The molecule has 5 heteroatoms. The van der Waals surface area contributed by atoms with Crippen LogP contribution in [-0.4, -0.2) is 55.7 Å². The van der Waals surface area contributed by atoms with Crippen molar-refractivity contribution in [2.75, 3.05) is 39.8 Å². The van der Waals surface area contributed by atoms with Crippen molar-refractivity contribution in [1.29, 1.82) is 0 Å². The average Bonchev–Trinajstić information content (AvgIpc) is 2.83. The number of ether oxygens (including phenoxy) is 1. The lowest BCUT2D eigenvalue weighted by atomic mass is 10.1. The molecule has 1 aromatic rings. The number of fused-ring (bicyclic) bond motifs is 1. The summed E-state index contributed by atoms with van der Waals surface area (Å²) in [6.07, 6.45) is 3.34. The zero-order valence-corrected chi connectivity index (χ0v) is 14.2. The van der Waals surface area contributed by atoms with Gasteiger partial charge >= 0.3 is 6.03 Å². The molecule has 1 aromatic carbocycles. The lowest BCUT2D eigenvalue weighted by Crippen LogP contribution is -2.42. The highest BCUT2D eigenvalue weighted by Crippen LogP contribution is 2.38. The highest BCUT2D eigenvalue weighted by Gasteiger charge is 2.30. The molecular weight excluding hydrogens is 290 g/mol. The van der Waals surface area contributed by atoms with Gasteiger partial charge < -0.3 is 15.0 Å². The summed E-state index contributed by atoms with van der Waals surface area (Å²) in [4.78, 5) is 16.5. The molecule has 2 amide bonds. The van der Waals surface area contributed by atoms with Crippen LogP contribution in [0.2, 0.25) is 0 Å². The fraction of sp³-hybridized carbons (Fsp3) is 0.611. The number of hydrogen-bond donors (Lipinski definition) is 1. The van der Waals surface area contributed by atoms with E-state index in [4.69, 9.17) is 4.74 Å². The molecule has 0 spiro atoms. The number of amides is 2. The third-order valence-corrected chi connectivity index (χ3v) is 4.99. The Bertz CT molecular complexity index is 561. The second-order valence-electron chi connectivity index (χ2n) is 6.33. The van der Waals surface area contributed by atoms with Gasteiger partial charge in [0.05, 0.1) is 7.11 Å². The summed E-state index contributed by atoms with van der Waals surface area (Å²) in [5.74, 6) is 0.939. The van der Waals surface area contributed by atoms with Crippen molar-refractivity contribution in [3.05, 3.63) is 29.3 Å². The van der Waals surface area contributed by atoms with Gasteiger partial charge in [-0.2, -0.15) is 0 Å². The monoisotopic (exact) mass is 317 g/mol. The molecule has 0 saturated carbocycles. The number of methoxy groups -OCH3 is 1. The minimum absolute atomic E-state index is 0.0721. The number of carbonyl (C=O) groups is 1. The van der Waals surface area contributed by atoms with Crippen LogP contribution in [0.3, 0.4) is 0 Å². The molecule has 23 heavy (non-hydrogen) atoms. The molecule has 0 bridgehead atoms. The molecular formula is C18H27N3O2. The Hall–Kier alpha value is -1.75. The number of nitrogens with zero attached hydrogens (tertiary/aromatic N) is 2. The number of carbonyl (C=O) groups excluding carboxylic acids is 1. The maximum Gasteiger partial charge on any atom is 0.317 e. The quantitative estimate of drug-likeness (QED) is 0.931. The first kappa shape index (κ1) is 16.1. The van der Waals surface area contributed by atoms with E-state index < -0.39 is 0 Å². The summed E-state index contributed by atoms with van der Waals surface area (Å²) in [6, 6.07) is 6.99. The Balaban J connectivity index is 1.69. The number of rotatable bonds is 3. The fourth-order valence-corrected chi connectivity index (χ4v) is 3.78. The molecule has 1 N–H and O–H groups in total. The van der Waals surface area contributed by atoms with Gasteiger partial charge in [0.1, 0.15) is 5.75 Å². The first-order valence-corrected chi connectivity index (χ1v) is 8.66. The number of hydrogen-bond acceptors (Lipinski definition) is 3. The lowest BCUT2D eigenvalue weighted by Gasteiger charge is -2.28. The summed E-state index contributed by atoms with van der Waals surface area (Å²) in [5, 5.41) is 2.91. The number of nitrogens with one attached hydrogen (secondary N) is 1. The van der Waals surface area contributed by atoms with E-state index >= 15 is 0 Å². The van der Waals surface area contributed by atoms with Gasteiger partial charge in [-0.1, -0.05) is 6.07 Å². The molecule has 126 valence electrons. The molecule has 1 atom stereocenters. The van der Waals surface area contributed by atoms with Gasteiger partial charge in [0.25, 0.3) is 0 Å². The Morgan fingerprint density at radius 2 is 2.17 bits per heavy atom. The van der Waals surface area contributed by atoms with E-state index in [0.717, 1.165) is 44.8 Å². The molecule has 2 aliphatic rings. The Kier molecular flexibility index (Phi) is 5.06. The van der Waals surface area contributed by atoms with Crippen molar-refractivity contribution in [1.82, 2.24) is 15.1 Å². The highest BCUT2D eigenvalue weighted by molar-refractivity contribution is 5.74. The second-order valence-corrected chi connectivity index (χ2v) is 6.33. The summed E-state index contributed by atoms with van der Waals surface area (Å²) in [6.45, 7) is 6.30. The van der Waals surface area contributed by atoms with Crippen molar-refractivity contribution >= 4 is 6.03 Å². The molecule has 3 rings (SSSR count). The van der Waals surface area contributed by atoms with Gasteiger partial charge in [0.2, 0.25) is 0 Å². The largest absolute Gasteiger partial charge is 0.497 e. The molecule has 1 saturated heterocycles. The maximum absolute atomic E-state index is 12.0. The van der Waals surface area contributed by atoms with Gasteiger partial charge in [-0.05, 0) is 49.4 Å². The third kappa shape index (κ3) is 3.44. The first-order valence-electron chi connectivity index (χ1n) is 8.66. The topological polar surface area (TPSA) is 44.8 Å². The van der Waals surface area contributed by atoms with Crippen molar-refractivity contribution < 1.29 is 9.53 Å². The minimum atomic E-state index is 0.0721. The Labute approximate surface area is 138 Å². The van der Waals surface area contributed by atoms with E-state index in [1.165, 1.54) is 17.5 Å². The van der Waals surface area contributed by atoms with Crippen LogP contribution in [0.25, 0.3) is 0 Å². The maximum atomic E-state index is 12.0. The van der Waals surface area contributed by atoms with Crippen molar-refractivity contribution in [3.63, 3.8) is 0 Å². The molecule has 1 heterocycles. The van der Waals surface area contributed by atoms with Crippen LogP contribution in [0.1, 0.15) is 36.9 Å². The predicted molar refractivity (Wildman–Crippen MR) is 90.9 cm³/mol. The summed E-state index contributed by atoms with van der Waals surface area (Å²) in [5.41, 5.74) is 2.86. The number of benzene rings is 1. The first-order chi connectivity index (χ1) is 11.2. The molecule has 1 fully saturated rings. The normalized spacial score (nSPS) is 21.7. The standard InChI is InChI=1S/C18H27N3O2/c1-3-19-18(22)21-10-4-9-20(11-12-21)17-8-6-14-5-7-15(23-2)13-16(14)17/h5,7,13,17H,3-4,6,8-12H2,1-2H3,(H,19,22). The van der Waals surface area contributed by atoms with Crippen molar-refractivity contribution in [2.24, 2.45) is 0 Å². The Morgan fingerprint density at radius 3 is 2.96 bits per heavy atom. The lowest BCUT2D eigenvalue weighted by molar-refractivity contribution is 0.187. The van der Waals surface area contributed by atoms with Crippen molar-refractivity contribution in [3.8, 4) is 5.75 Å². The SMILES string of the molecule is CCNC(=O)N1CCCN(C2CCc3ccc(OC)cc32)CC1. The smallest absolute Gasteiger partial charge is 0.317 e. The molecule has 0 radical (unpaired) electrons. The van der Waals surface area contributed by atoms with E-state index in [9.17, 15) is 4.79 Å². The Morgan fingerprint density at radius 1 is 1.30 bits per heavy atom. The van der Waals surface area contributed by atoms with Crippen LogP contribution in [0.4, 0.5) is 4.79 Å². The predicted octanol–water partition coefficient (Wildman–Crippen LogP) is 2.42. The summed E-state index contributed by atoms with van der Waals surface area (Å²) in [7, 11) is 1.72. The van der Waals surface area contributed by atoms with E-state index in [1.54, 1.807) is 7.11 Å². The summed E-state index contributed by atoms with van der Waals surface area (Å²) >= 11 is 0. The van der Waals surface area contributed by atoms with Gasteiger partial charge in [-0.25, -0.2) is 4.79 Å². The molecule has 5 nitrogen and oxygen atoms in total. The minimum Gasteiger partial charge on any atom is -0.497 e. The van der Waals surface area contributed by atoms with Crippen LogP contribution in [0.15, 0.2) is 18.2 Å². The van der Waals surface area contributed by atoms with E-state index in [2.05, 4.69) is 28.4 Å². The number of urea groups is 1. The molecule has 1 unspecified atom stereocenters. The van der Waals surface area contributed by atoms with Gasteiger partial charge in [0, 0.05) is 38.8 Å². The van der Waals surface area contributed by atoms with E-state index in [0.29, 0.717) is 12.6 Å². The van der Waals surface area contributed by atoms with Crippen molar-refractivity contribution in [2.45, 2.75) is 32.2 Å². The van der Waals surface area contributed by atoms with Gasteiger partial charge in [0.15, 0.2) is 0 Å². The number of aryl methyl sites for hydroxylation is 1. The molecule has 1 aliphatic carbocycles. The molecule has 1 aliphatic heterocycles. The zero-order chi connectivity index (χ0) is 16.2. The van der Waals surface area contributed by atoms with Crippen LogP contribution in [0.5, 0.6) is 5.75 Å². The highest BCUT2D eigenvalue weighted by atomic mass is 16.5. The molecule has 0 aromatic heterocycles.